The van der Waals surface area contributed by atoms with Crippen molar-refractivity contribution in [3.8, 4) is 0 Å². The molecular formula is C16H20N4. The fourth-order valence-electron chi connectivity index (χ4n) is 2.91. The fourth-order valence-corrected chi connectivity index (χ4v) is 2.91. The molecule has 2 aromatic heterocycles. The summed E-state index contributed by atoms with van der Waals surface area (Å²) in [5, 5.41) is 0. The Bertz CT molecular complexity index is 489. The Morgan fingerprint density at radius 1 is 0.900 bits per heavy atom. The third-order valence-electron chi connectivity index (χ3n) is 3.91. The van der Waals surface area contributed by atoms with Crippen molar-refractivity contribution in [2.75, 3.05) is 4.90 Å². The topological polar surface area (TPSA) is 55.0 Å². The molecule has 2 unspecified atom stereocenters. The Hall–Kier alpha value is -1.94. The molecule has 0 bridgehead atoms. The molecule has 0 saturated heterocycles. The second kappa shape index (κ2) is 6.01. The predicted molar refractivity (Wildman–Crippen MR) is 80.8 cm³/mol. The van der Waals surface area contributed by atoms with Crippen LogP contribution in [-0.2, 0) is 0 Å². The molecule has 2 atom stereocenters. The fraction of sp³-hybridized carbons (Fsp3) is 0.375. The van der Waals surface area contributed by atoms with Crippen molar-refractivity contribution in [2.45, 2.75) is 37.8 Å². The third kappa shape index (κ3) is 2.65. The normalized spacial score (nSPS) is 22.4. The van der Waals surface area contributed by atoms with Crippen molar-refractivity contribution in [3.05, 3.63) is 48.8 Å². The summed E-state index contributed by atoms with van der Waals surface area (Å²) in [5.74, 6) is 1.85. The van der Waals surface area contributed by atoms with Crippen molar-refractivity contribution in [1.29, 1.82) is 0 Å². The van der Waals surface area contributed by atoms with E-state index in [0.717, 1.165) is 24.5 Å². The molecule has 104 valence electrons. The van der Waals surface area contributed by atoms with Gasteiger partial charge in [-0.2, -0.15) is 0 Å². The number of pyridine rings is 2. The highest BCUT2D eigenvalue weighted by Crippen LogP contribution is 2.31. The van der Waals surface area contributed by atoms with E-state index in [1.54, 1.807) is 0 Å². The molecule has 2 N–H and O–H groups in total. The van der Waals surface area contributed by atoms with E-state index in [1.807, 2.05) is 48.8 Å². The lowest BCUT2D eigenvalue weighted by molar-refractivity contribution is 0.378. The van der Waals surface area contributed by atoms with Gasteiger partial charge < -0.3 is 10.6 Å². The first-order chi connectivity index (χ1) is 9.86. The first-order valence-corrected chi connectivity index (χ1v) is 7.23. The number of hydrogen-bond acceptors (Lipinski definition) is 4. The number of anilines is 2. The van der Waals surface area contributed by atoms with Gasteiger partial charge in [0.25, 0.3) is 0 Å². The van der Waals surface area contributed by atoms with Gasteiger partial charge in [0.05, 0.1) is 6.04 Å². The van der Waals surface area contributed by atoms with Crippen LogP contribution in [0.15, 0.2) is 48.8 Å². The Labute approximate surface area is 119 Å². The molecule has 3 rings (SSSR count). The molecule has 0 amide bonds. The van der Waals surface area contributed by atoms with Crippen LogP contribution in [0.25, 0.3) is 0 Å². The highest BCUT2D eigenvalue weighted by Gasteiger charge is 2.30. The van der Waals surface area contributed by atoms with Crippen LogP contribution in [0, 0.1) is 0 Å². The van der Waals surface area contributed by atoms with Crippen LogP contribution >= 0.6 is 0 Å². The number of aromatic nitrogens is 2. The zero-order valence-corrected chi connectivity index (χ0v) is 11.5. The van der Waals surface area contributed by atoms with Gasteiger partial charge in [-0.25, -0.2) is 9.97 Å². The second-order valence-electron chi connectivity index (χ2n) is 5.26. The van der Waals surface area contributed by atoms with Crippen molar-refractivity contribution < 1.29 is 0 Å². The van der Waals surface area contributed by atoms with E-state index < -0.39 is 0 Å². The van der Waals surface area contributed by atoms with E-state index in [4.69, 9.17) is 5.73 Å². The molecule has 2 aromatic rings. The molecule has 1 fully saturated rings. The molecule has 1 aliphatic rings. The van der Waals surface area contributed by atoms with Crippen LogP contribution < -0.4 is 10.6 Å². The average molecular weight is 268 g/mol. The van der Waals surface area contributed by atoms with Crippen molar-refractivity contribution in [3.63, 3.8) is 0 Å². The summed E-state index contributed by atoms with van der Waals surface area (Å²) in [7, 11) is 0. The number of hydrogen-bond donors (Lipinski definition) is 1. The first kappa shape index (κ1) is 13.1. The molecule has 20 heavy (non-hydrogen) atoms. The molecule has 1 aliphatic carbocycles. The van der Waals surface area contributed by atoms with E-state index in [1.165, 1.54) is 12.8 Å². The lowest BCUT2D eigenvalue weighted by Gasteiger charge is -2.38. The largest absolute Gasteiger partial charge is 0.326 e. The van der Waals surface area contributed by atoms with Gasteiger partial charge in [-0.3, -0.25) is 0 Å². The maximum absolute atomic E-state index is 6.36. The monoisotopic (exact) mass is 268 g/mol. The van der Waals surface area contributed by atoms with Gasteiger partial charge >= 0.3 is 0 Å². The molecular weight excluding hydrogens is 248 g/mol. The van der Waals surface area contributed by atoms with E-state index in [-0.39, 0.29) is 12.1 Å². The van der Waals surface area contributed by atoms with E-state index in [9.17, 15) is 0 Å². The minimum atomic E-state index is 0.174. The maximum Gasteiger partial charge on any atom is 0.134 e. The summed E-state index contributed by atoms with van der Waals surface area (Å²) < 4.78 is 0. The van der Waals surface area contributed by atoms with Gasteiger partial charge in [0.1, 0.15) is 11.6 Å². The van der Waals surface area contributed by atoms with Crippen LogP contribution in [0.1, 0.15) is 25.7 Å². The van der Waals surface area contributed by atoms with E-state index in [0.29, 0.717) is 0 Å². The maximum atomic E-state index is 6.36. The molecule has 1 saturated carbocycles. The standard InChI is InChI=1S/C16H20N4/c17-13-7-1-2-8-14(13)20(15-9-3-5-11-18-15)16-10-4-6-12-19-16/h3-6,9-14H,1-2,7-8,17H2. The van der Waals surface area contributed by atoms with Gasteiger partial charge in [0.2, 0.25) is 0 Å². The van der Waals surface area contributed by atoms with Crippen LogP contribution in [-0.4, -0.2) is 22.1 Å². The molecule has 4 heteroatoms. The van der Waals surface area contributed by atoms with Gasteiger partial charge in [-0.05, 0) is 37.1 Å². The van der Waals surface area contributed by atoms with Crippen LogP contribution in [0.2, 0.25) is 0 Å². The molecule has 4 nitrogen and oxygen atoms in total. The highest BCUT2D eigenvalue weighted by atomic mass is 15.3. The average Bonchev–Trinajstić information content (AvgIpc) is 2.52. The van der Waals surface area contributed by atoms with E-state index in [2.05, 4.69) is 14.9 Å². The number of nitrogens with zero attached hydrogens (tertiary/aromatic N) is 3. The first-order valence-electron chi connectivity index (χ1n) is 7.23. The van der Waals surface area contributed by atoms with Crippen molar-refractivity contribution >= 4 is 11.6 Å². The van der Waals surface area contributed by atoms with Crippen LogP contribution in [0.4, 0.5) is 11.6 Å². The lowest BCUT2D eigenvalue weighted by Crippen LogP contribution is -2.48. The lowest BCUT2D eigenvalue weighted by atomic mass is 9.89. The van der Waals surface area contributed by atoms with Gasteiger partial charge in [0.15, 0.2) is 0 Å². The molecule has 2 heterocycles. The Balaban J connectivity index is 1.99. The molecule has 0 radical (unpaired) electrons. The molecule has 0 spiro atoms. The Morgan fingerprint density at radius 3 is 2.00 bits per heavy atom. The Morgan fingerprint density at radius 2 is 1.50 bits per heavy atom. The minimum absolute atomic E-state index is 0.174. The molecule has 0 aromatic carbocycles. The Kier molecular flexibility index (Phi) is 3.92. The third-order valence-corrected chi connectivity index (χ3v) is 3.91. The van der Waals surface area contributed by atoms with Gasteiger partial charge in [0, 0.05) is 18.4 Å². The molecule has 0 aliphatic heterocycles. The summed E-state index contributed by atoms with van der Waals surface area (Å²) in [6.07, 6.45) is 8.23. The van der Waals surface area contributed by atoms with Crippen molar-refractivity contribution in [1.82, 2.24) is 9.97 Å². The number of rotatable bonds is 3. The highest BCUT2D eigenvalue weighted by molar-refractivity contribution is 5.57. The summed E-state index contributed by atoms with van der Waals surface area (Å²) in [4.78, 5) is 11.2. The van der Waals surface area contributed by atoms with Crippen molar-refractivity contribution in [2.24, 2.45) is 5.73 Å². The summed E-state index contributed by atoms with van der Waals surface area (Å²) in [6, 6.07) is 12.4. The zero-order valence-electron chi connectivity index (χ0n) is 11.5. The summed E-state index contributed by atoms with van der Waals surface area (Å²) in [6.45, 7) is 0. The smallest absolute Gasteiger partial charge is 0.134 e. The van der Waals surface area contributed by atoms with Gasteiger partial charge in [-0.15, -0.1) is 0 Å². The SMILES string of the molecule is NC1CCCCC1N(c1ccccn1)c1ccccn1. The minimum Gasteiger partial charge on any atom is -0.326 e. The summed E-state index contributed by atoms with van der Waals surface area (Å²) >= 11 is 0. The predicted octanol–water partition coefficient (Wildman–Crippen LogP) is 2.88. The quantitative estimate of drug-likeness (QED) is 0.930. The second-order valence-corrected chi connectivity index (χ2v) is 5.26. The zero-order chi connectivity index (χ0) is 13.8. The van der Waals surface area contributed by atoms with Crippen LogP contribution in [0.3, 0.4) is 0 Å². The number of nitrogens with two attached hydrogens (primary N) is 1. The van der Waals surface area contributed by atoms with Crippen LogP contribution in [0.5, 0.6) is 0 Å². The van der Waals surface area contributed by atoms with Gasteiger partial charge in [-0.1, -0.05) is 25.0 Å². The van der Waals surface area contributed by atoms with E-state index >= 15 is 0 Å². The summed E-state index contributed by atoms with van der Waals surface area (Å²) in [5.41, 5.74) is 6.36.